The number of ether oxygens (including phenoxy) is 1. The molecule has 0 bridgehead atoms. The third-order valence-corrected chi connectivity index (χ3v) is 4.90. The van der Waals surface area contributed by atoms with Crippen molar-refractivity contribution in [2.24, 2.45) is 5.92 Å². The molecule has 0 unspecified atom stereocenters. The van der Waals surface area contributed by atoms with Crippen LogP contribution in [0.15, 0.2) is 30.3 Å². The van der Waals surface area contributed by atoms with Crippen LogP contribution in [0.4, 0.5) is 0 Å². The average molecular weight is 301 g/mol. The Hall–Kier alpha value is -1.84. The van der Waals surface area contributed by atoms with Crippen molar-refractivity contribution in [1.82, 2.24) is 5.32 Å². The van der Waals surface area contributed by atoms with Crippen molar-refractivity contribution in [3.63, 3.8) is 0 Å². The second kappa shape index (κ2) is 6.51. The van der Waals surface area contributed by atoms with E-state index in [1.54, 1.807) is 0 Å². The van der Waals surface area contributed by atoms with E-state index in [0.717, 1.165) is 32.1 Å². The average Bonchev–Trinajstić information content (AvgIpc) is 2.85. The summed E-state index contributed by atoms with van der Waals surface area (Å²) in [6.45, 7) is 0.601. The summed E-state index contributed by atoms with van der Waals surface area (Å²) in [5.41, 5.74) is 0.681. The minimum absolute atomic E-state index is 0.0244. The zero-order valence-corrected chi connectivity index (χ0v) is 12.8. The second-order valence-corrected chi connectivity index (χ2v) is 6.38. The Morgan fingerprint density at radius 1 is 1.18 bits per heavy atom. The Morgan fingerprint density at radius 3 is 2.64 bits per heavy atom. The first kappa shape index (κ1) is 15.1. The number of amides is 1. The van der Waals surface area contributed by atoms with Gasteiger partial charge < -0.3 is 10.1 Å². The fourth-order valence-electron chi connectivity index (χ4n) is 3.72. The van der Waals surface area contributed by atoms with Gasteiger partial charge in [0.2, 0.25) is 5.91 Å². The molecule has 1 atom stereocenters. The predicted molar refractivity (Wildman–Crippen MR) is 83.2 cm³/mol. The summed E-state index contributed by atoms with van der Waals surface area (Å²) in [6, 6.07) is 10.1. The van der Waals surface area contributed by atoms with Crippen LogP contribution in [0.25, 0.3) is 0 Å². The number of benzene rings is 1. The van der Waals surface area contributed by atoms with Crippen molar-refractivity contribution in [3.8, 4) is 0 Å². The highest BCUT2D eigenvalue weighted by Crippen LogP contribution is 2.44. The zero-order chi connectivity index (χ0) is 15.4. The van der Waals surface area contributed by atoms with Gasteiger partial charge in [0.15, 0.2) is 0 Å². The van der Waals surface area contributed by atoms with Gasteiger partial charge in [-0.2, -0.15) is 0 Å². The van der Waals surface area contributed by atoms with Crippen molar-refractivity contribution in [1.29, 1.82) is 0 Å². The van der Waals surface area contributed by atoms with E-state index < -0.39 is 5.60 Å². The van der Waals surface area contributed by atoms with Crippen LogP contribution in [0, 0.1) is 5.92 Å². The molecule has 0 aromatic heterocycles. The molecule has 118 valence electrons. The molecule has 1 aromatic rings. The molecule has 2 fully saturated rings. The second-order valence-electron chi connectivity index (χ2n) is 6.38. The summed E-state index contributed by atoms with van der Waals surface area (Å²) in [5, 5.41) is 2.99. The van der Waals surface area contributed by atoms with E-state index in [-0.39, 0.29) is 24.2 Å². The van der Waals surface area contributed by atoms with Crippen LogP contribution in [-0.4, -0.2) is 24.0 Å². The maximum atomic E-state index is 12.5. The van der Waals surface area contributed by atoms with E-state index >= 15 is 0 Å². The molecule has 1 saturated heterocycles. The molecule has 1 N–H and O–H groups in total. The lowest BCUT2D eigenvalue weighted by Crippen LogP contribution is -2.46. The van der Waals surface area contributed by atoms with Gasteiger partial charge in [0, 0.05) is 6.54 Å². The van der Waals surface area contributed by atoms with Gasteiger partial charge in [-0.25, -0.2) is 0 Å². The Bertz CT molecular complexity index is 535. The fourth-order valence-corrected chi connectivity index (χ4v) is 3.72. The molecule has 1 aliphatic carbocycles. The van der Waals surface area contributed by atoms with Gasteiger partial charge in [-0.15, -0.1) is 0 Å². The Kier molecular flexibility index (Phi) is 4.46. The molecule has 22 heavy (non-hydrogen) atoms. The van der Waals surface area contributed by atoms with Crippen molar-refractivity contribution >= 4 is 11.9 Å². The van der Waals surface area contributed by atoms with E-state index in [2.05, 4.69) is 17.4 Å². The molecule has 2 aliphatic rings. The van der Waals surface area contributed by atoms with Gasteiger partial charge in [0.25, 0.3) is 0 Å². The van der Waals surface area contributed by atoms with Gasteiger partial charge in [0.05, 0.1) is 12.3 Å². The standard InChI is InChI=1S/C18H23NO3/c20-16-13-15(18(22-16)10-5-2-6-11-18)17(21)19-12-9-14-7-3-1-4-8-14/h1,3-4,7-8,15H,2,5-6,9-13H2,(H,19,21)/t15-/m0/s1. The van der Waals surface area contributed by atoms with Crippen LogP contribution in [0.1, 0.15) is 44.1 Å². The molecule has 4 nitrogen and oxygen atoms in total. The number of esters is 1. The van der Waals surface area contributed by atoms with Crippen molar-refractivity contribution in [2.75, 3.05) is 6.54 Å². The third kappa shape index (κ3) is 3.16. The smallest absolute Gasteiger partial charge is 0.307 e. The molecule has 4 heteroatoms. The summed E-state index contributed by atoms with van der Waals surface area (Å²) in [7, 11) is 0. The predicted octanol–water partition coefficient (Wildman–Crippen LogP) is 2.61. The number of hydrogen-bond donors (Lipinski definition) is 1. The van der Waals surface area contributed by atoms with Crippen LogP contribution >= 0.6 is 0 Å². The molecule has 1 aliphatic heterocycles. The highest BCUT2D eigenvalue weighted by Gasteiger charge is 2.52. The largest absolute Gasteiger partial charge is 0.458 e. The van der Waals surface area contributed by atoms with Crippen molar-refractivity contribution in [2.45, 2.75) is 50.5 Å². The van der Waals surface area contributed by atoms with Crippen LogP contribution in [0.2, 0.25) is 0 Å². The van der Waals surface area contributed by atoms with E-state index in [1.807, 2.05) is 18.2 Å². The monoisotopic (exact) mass is 301 g/mol. The Morgan fingerprint density at radius 2 is 1.91 bits per heavy atom. The normalized spacial score (nSPS) is 23.3. The first-order chi connectivity index (χ1) is 10.7. The first-order valence-electron chi connectivity index (χ1n) is 8.23. The topological polar surface area (TPSA) is 55.4 Å². The third-order valence-electron chi connectivity index (χ3n) is 4.90. The quantitative estimate of drug-likeness (QED) is 0.870. The van der Waals surface area contributed by atoms with Crippen LogP contribution in [0.3, 0.4) is 0 Å². The molecule has 1 amide bonds. The van der Waals surface area contributed by atoms with Crippen LogP contribution in [-0.2, 0) is 20.7 Å². The Labute approximate surface area is 131 Å². The van der Waals surface area contributed by atoms with Gasteiger partial charge >= 0.3 is 5.97 Å². The van der Waals surface area contributed by atoms with Crippen molar-refractivity contribution < 1.29 is 14.3 Å². The van der Waals surface area contributed by atoms with Crippen LogP contribution < -0.4 is 5.32 Å². The fraction of sp³-hybridized carbons (Fsp3) is 0.556. The van der Waals surface area contributed by atoms with Gasteiger partial charge in [0.1, 0.15) is 5.60 Å². The maximum absolute atomic E-state index is 12.5. The Balaban J connectivity index is 1.57. The minimum Gasteiger partial charge on any atom is -0.458 e. The van der Waals surface area contributed by atoms with E-state index in [1.165, 1.54) is 12.0 Å². The SMILES string of the molecule is O=C1C[C@@H](C(=O)NCCc2ccccc2)C2(CCCCC2)O1. The number of carbonyl (C=O) groups is 2. The van der Waals surface area contributed by atoms with Gasteiger partial charge in [-0.3, -0.25) is 9.59 Å². The summed E-state index contributed by atoms with van der Waals surface area (Å²) >= 11 is 0. The summed E-state index contributed by atoms with van der Waals surface area (Å²) in [4.78, 5) is 24.2. The molecule has 1 aromatic carbocycles. The highest BCUT2D eigenvalue weighted by molar-refractivity contribution is 5.87. The van der Waals surface area contributed by atoms with Gasteiger partial charge in [-0.05, 0) is 37.7 Å². The summed E-state index contributed by atoms with van der Waals surface area (Å²) < 4.78 is 5.59. The summed E-state index contributed by atoms with van der Waals surface area (Å²) in [6.07, 6.45) is 5.95. The molecule has 3 rings (SSSR count). The number of rotatable bonds is 4. The molecular weight excluding hydrogens is 278 g/mol. The number of carbonyl (C=O) groups excluding carboxylic acids is 2. The number of nitrogens with one attached hydrogen (secondary N) is 1. The molecule has 1 saturated carbocycles. The van der Waals surface area contributed by atoms with Crippen LogP contribution in [0.5, 0.6) is 0 Å². The molecule has 0 radical (unpaired) electrons. The van der Waals surface area contributed by atoms with E-state index in [4.69, 9.17) is 4.74 Å². The van der Waals surface area contributed by atoms with E-state index in [9.17, 15) is 9.59 Å². The zero-order valence-electron chi connectivity index (χ0n) is 12.8. The van der Waals surface area contributed by atoms with Gasteiger partial charge in [-0.1, -0.05) is 36.8 Å². The molecular formula is C18H23NO3. The first-order valence-corrected chi connectivity index (χ1v) is 8.23. The lowest BCUT2D eigenvalue weighted by Gasteiger charge is -2.36. The lowest BCUT2D eigenvalue weighted by atomic mass is 9.75. The van der Waals surface area contributed by atoms with Crippen molar-refractivity contribution in [3.05, 3.63) is 35.9 Å². The molecule has 1 spiro atoms. The van der Waals surface area contributed by atoms with E-state index in [0.29, 0.717) is 6.54 Å². The molecule has 1 heterocycles. The maximum Gasteiger partial charge on any atom is 0.307 e. The highest BCUT2D eigenvalue weighted by atomic mass is 16.6. The lowest BCUT2D eigenvalue weighted by molar-refractivity contribution is -0.153. The summed E-state index contributed by atoms with van der Waals surface area (Å²) in [5.74, 6) is -0.551. The number of hydrogen-bond acceptors (Lipinski definition) is 3. The minimum atomic E-state index is -0.522.